The molecular weight excluding hydrogens is 258 g/mol. The van der Waals surface area contributed by atoms with Crippen LogP contribution in [-0.4, -0.2) is 27.2 Å². The van der Waals surface area contributed by atoms with E-state index in [0.29, 0.717) is 17.7 Å². The van der Waals surface area contributed by atoms with Crippen molar-refractivity contribution in [2.45, 2.75) is 31.9 Å². The molecule has 0 aliphatic heterocycles. The zero-order valence-corrected chi connectivity index (χ0v) is 10.9. The fraction of sp³-hybridized carbons (Fsp3) is 0.357. The number of nitrogens with zero attached hydrogens (tertiary/aromatic N) is 2. The molecule has 1 unspecified atom stereocenters. The van der Waals surface area contributed by atoms with Crippen LogP contribution in [0.4, 0.5) is 0 Å². The molecule has 0 bridgehead atoms. The van der Waals surface area contributed by atoms with Gasteiger partial charge in [-0.25, -0.2) is 0 Å². The van der Waals surface area contributed by atoms with Gasteiger partial charge in [0.1, 0.15) is 11.5 Å². The Labute approximate surface area is 115 Å². The van der Waals surface area contributed by atoms with Gasteiger partial charge in [0.2, 0.25) is 0 Å². The minimum Gasteiger partial charge on any atom is -0.390 e. The summed E-state index contributed by atoms with van der Waals surface area (Å²) in [5.74, 6) is 0.689. The summed E-state index contributed by atoms with van der Waals surface area (Å²) in [5, 5.41) is 16.0. The molecule has 0 radical (unpaired) electrons. The van der Waals surface area contributed by atoms with Crippen LogP contribution in [0.5, 0.6) is 0 Å². The number of carbonyl (C=O) groups is 1. The number of rotatable bonds is 3. The van der Waals surface area contributed by atoms with Crippen molar-refractivity contribution in [1.29, 1.82) is 0 Å². The van der Waals surface area contributed by atoms with Crippen LogP contribution in [0.15, 0.2) is 29.0 Å². The van der Waals surface area contributed by atoms with E-state index in [-0.39, 0.29) is 18.6 Å². The third-order valence-electron chi connectivity index (χ3n) is 3.53. The van der Waals surface area contributed by atoms with E-state index in [4.69, 9.17) is 4.52 Å². The van der Waals surface area contributed by atoms with Gasteiger partial charge in [-0.05, 0) is 25.0 Å². The Morgan fingerprint density at radius 3 is 3.20 bits per heavy atom. The van der Waals surface area contributed by atoms with Crippen LogP contribution in [0.1, 0.15) is 33.8 Å². The van der Waals surface area contributed by atoms with Gasteiger partial charge in [0.05, 0.1) is 12.2 Å². The number of aliphatic hydroxyl groups excluding tert-OH is 1. The highest BCUT2D eigenvalue weighted by Gasteiger charge is 2.26. The highest BCUT2D eigenvalue weighted by atomic mass is 16.5. The van der Waals surface area contributed by atoms with Crippen LogP contribution in [0.3, 0.4) is 0 Å². The highest BCUT2D eigenvalue weighted by Crippen LogP contribution is 2.24. The van der Waals surface area contributed by atoms with E-state index in [1.807, 2.05) is 0 Å². The van der Waals surface area contributed by atoms with E-state index in [1.165, 1.54) is 0 Å². The maximum atomic E-state index is 12.1. The van der Waals surface area contributed by atoms with Gasteiger partial charge in [-0.3, -0.25) is 9.78 Å². The highest BCUT2D eigenvalue weighted by molar-refractivity contribution is 5.94. The fourth-order valence-corrected chi connectivity index (χ4v) is 2.48. The quantitative estimate of drug-likeness (QED) is 0.865. The Bertz CT molecular complexity index is 596. The lowest BCUT2D eigenvalue weighted by atomic mass is 9.92. The average Bonchev–Trinajstić information content (AvgIpc) is 2.90. The summed E-state index contributed by atoms with van der Waals surface area (Å²) in [6, 6.07) is 3.49. The third kappa shape index (κ3) is 2.42. The van der Waals surface area contributed by atoms with Crippen molar-refractivity contribution in [2.75, 3.05) is 0 Å². The number of hydrogen-bond acceptors (Lipinski definition) is 5. The molecule has 0 fully saturated rings. The van der Waals surface area contributed by atoms with Crippen LogP contribution in [0, 0.1) is 0 Å². The first-order valence-electron chi connectivity index (χ1n) is 6.56. The van der Waals surface area contributed by atoms with Gasteiger partial charge in [0.25, 0.3) is 5.91 Å². The first-order valence-corrected chi connectivity index (χ1v) is 6.56. The minimum absolute atomic E-state index is 0.0277. The number of carbonyl (C=O) groups excluding carboxylic acids is 1. The van der Waals surface area contributed by atoms with E-state index in [2.05, 4.69) is 15.5 Å². The maximum absolute atomic E-state index is 12.1. The lowest BCUT2D eigenvalue weighted by Gasteiger charge is -2.22. The van der Waals surface area contributed by atoms with Gasteiger partial charge in [-0.1, -0.05) is 5.16 Å². The van der Waals surface area contributed by atoms with Gasteiger partial charge in [-0.15, -0.1) is 0 Å². The summed E-state index contributed by atoms with van der Waals surface area (Å²) in [4.78, 5) is 16.0. The number of pyridine rings is 1. The Balaban J connectivity index is 1.70. The zero-order valence-electron chi connectivity index (χ0n) is 10.9. The first-order chi connectivity index (χ1) is 9.78. The van der Waals surface area contributed by atoms with Gasteiger partial charge < -0.3 is 14.9 Å². The predicted octanol–water partition coefficient (Wildman–Crippen LogP) is 0.849. The van der Waals surface area contributed by atoms with Crippen molar-refractivity contribution in [3.8, 4) is 0 Å². The molecule has 1 amide bonds. The summed E-state index contributed by atoms with van der Waals surface area (Å²) in [6.45, 7) is -0.137. The second-order valence-electron chi connectivity index (χ2n) is 4.84. The molecule has 6 heteroatoms. The van der Waals surface area contributed by atoms with Crippen molar-refractivity contribution in [3.63, 3.8) is 0 Å². The summed E-state index contributed by atoms with van der Waals surface area (Å²) in [5.41, 5.74) is 2.04. The number of hydrogen-bond donors (Lipinski definition) is 2. The monoisotopic (exact) mass is 273 g/mol. The van der Waals surface area contributed by atoms with Crippen LogP contribution in [0.2, 0.25) is 0 Å². The smallest absolute Gasteiger partial charge is 0.253 e. The second-order valence-corrected chi connectivity index (χ2v) is 4.84. The molecule has 6 nitrogen and oxygen atoms in total. The van der Waals surface area contributed by atoms with Gasteiger partial charge >= 0.3 is 0 Å². The second kappa shape index (κ2) is 5.42. The molecule has 20 heavy (non-hydrogen) atoms. The predicted molar refractivity (Wildman–Crippen MR) is 69.9 cm³/mol. The Morgan fingerprint density at radius 1 is 1.55 bits per heavy atom. The molecule has 0 saturated carbocycles. The molecule has 0 spiro atoms. The lowest BCUT2D eigenvalue weighted by molar-refractivity contribution is 0.0932. The van der Waals surface area contributed by atoms with E-state index in [0.717, 1.165) is 24.2 Å². The van der Waals surface area contributed by atoms with E-state index in [1.54, 1.807) is 24.5 Å². The van der Waals surface area contributed by atoms with E-state index >= 15 is 0 Å². The SMILES string of the molecule is O=C(NC1CCc2onc(CO)c2C1)c1cccnc1. The van der Waals surface area contributed by atoms with Crippen LogP contribution in [-0.2, 0) is 19.4 Å². The Kier molecular flexibility index (Phi) is 3.47. The lowest BCUT2D eigenvalue weighted by Crippen LogP contribution is -2.38. The molecule has 1 aliphatic carbocycles. The zero-order chi connectivity index (χ0) is 13.9. The molecule has 3 rings (SSSR count). The van der Waals surface area contributed by atoms with Crippen LogP contribution in [0.25, 0.3) is 0 Å². The number of aryl methyl sites for hydroxylation is 1. The fourth-order valence-electron chi connectivity index (χ4n) is 2.48. The van der Waals surface area contributed by atoms with E-state index < -0.39 is 0 Å². The molecule has 2 N–H and O–H groups in total. The molecule has 1 atom stereocenters. The Hall–Kier alpha value is -2.21. The van der Waals surface area contributed by atoms with Crippen molar-refractivity contribution < 1.29 is 14.4 Å². The number of nitrogens with one attached hydrogen (secondary N) is 1. The summed E-state index contributed by atoms with van der Waals surface area (Å²) in [6.07, 6.45) is 5.34. The third-order valence-corrected chi connectivity index (χ3v) is 3.53. The first kappa shape index (κ1) is 12.8. The largest absolute Gasteiger partial charge is 0.390 e. The standard InChI is InChI=1S/C14H15N3O3/c18-8-12-11-6-10(3-4-13(11)20-17-12)16-14(19)9-2-1-5-15-7-9/h1-2,5,7,10,18H,3-4,6,8H2,(H,16,19). The van der Waals surface area contributed by atoms with Crippen molar-refractivity contribution in [2.24, 2.45) is 0 Å². The maximum Gasteiger partial charge on any atom is 0.253 e. The number of aliphatic hydroxyl groups is 1. The number of amides is 1. The van der Waals surface area contributed by atoms with Gasteiger partial charge in [0, 0.05) is 30.4 Å². The van der Waals surface area contributed by atoms with Crippen LogP contribution < -0.4 is 5.32 Å². The molecule has 2 aromatic rings. The Morgan fingerprint density at radius 2 is 2.45 bits per heavy atom. The molecule has 0 aromatic carbocycles. The summed E-state index contributed by atoms with van der Waals surface area (Å²) in [7, 11) is 0. The average molecular weight is 273 g/mol. The number of fused-ring (bicyclic) bond motifs is 1. The topological polar surface area (TPSA) is 88.2 Å². The number of aromatic nitrogens is 2. The molecule has 1 aliphatic rings. The molecular formula is C14H15N3O3. The van der Waals surface area contributed by atoms with E-state index in [9.17, 15) is 9.90 Å². The van der Waals surface area contributed by atoms with Crippen LogP contribution >= 0.6 is 0 Å². The molecule has 2 heterocycles. The van der Waals surface area contributed by atoms with Crippen molar-refractivity contribution in [3.05, 3.63) is 47.1 Å². The van der Waals surface area contributed by atoms with Gasteiger partial charge in [0.15, 0.2) is 0 Å². The molecule has 0 saturated heterocycles. The van der Waals surface area contributed by atoms with Crippen molar-refractivity contribution in [1.82, 2.24) is 15.5 Å². The summed E-state index contributed by atoms with van der Waals surface area (Å²) < 4.78 is 5.18. The van der Waals surface area contributed by atoms with Crippen molar-refractivity contribution >= 4 is 5.91 Å². The molecule has 2 aromatic heterocycles. The normalized spacial score (nSPS) is 17.6. The molecule has 104 valence electrons. The van der Waals surface area contributed by atoms with Gasteiger partial charge in [-0.2, -0.15) is 0 Å². The minimum atomic E-state index is -0.137. The summed E-state index contributed by atoms with van der Waals surface area (Å²) >= 11 is 0.